The highest BCUT2D eigenvalue weighted by atomic mass is 16.5. The second-order valence-electron chi connectivity index (χ2n) is 4.99. The number of aryl methyl sites for hydroxylation is 1. The first-order valence-corrected chi connectivity index (χ1v) is 7.42. The van der Waals surface area contributed by atoms with Crippen LogP contribution < -0.4 is 10.1 Å². The summed E-state index contributed by atoms with van der Waals surface area (Å²) in [6.45, 7) is 0.677. The summed E-state index contributed by atoms with van der Waals surface area (Å²) >= 11 is 0. The van der Waals surface area contributed by atoms with Gasteiger partial charge in [0.15, 0.2) is 0 Å². The minimum Gasteiger partial charge on any atom is -0.497 e. The van der Waals surface area contributed by atoms with E-state index in [2.05, 4.69) is 17.4 Å². The van der Waals surface area contributed by atoms with Gasteiger partial charge in [0.25, 0.3) is 0 Å². The van der Waals surface area contributed by atoms with Crippen LogP contribution in [0.1, 0.15) is 17.5 Å². The third-order valence-corrected chi connectivity index (χ3v) is 3.31. The number of hydrogen-bond donors (Lipinski definition) is 1. The Labute approximate surface area is 131 Å². The van der Waals surface area contributed by atoms with Crippen LogP contribution in [-0.2, 0) is 11.2 Å². The summed E-state index contributed by atoms with van der Waals surface area (Å²) in [5.74, 6) is 0.710. The number of benzene rings is 2. The van der Waals surface area contributed by atoms with Crippen molar-refractivity contribution < 1.29 is 9.53 Å². The van der Waals surface area contributed by atoms with Crippen molar-refractivity contribution in [3.8, 4) is 5.75 Å². The molecule has 22 heavy (non-hydrogen) atoms. The topological polar surface area (TPSA) is 38.3 Å². The molecule has 114 valence electrons. The fourth-order valence-corrected chi connectivity index (χ4v) is 2.12. The average molecular weight is 295 g/mol. The lowest BCUT2D eigenvalue weighted by atomic mass is 10.1. The SMILES string of the molecule is COc1cccc(/C=C/C(=O)NCCCc2ccccc2)c1. The van der Waals surface area contributed by atoms with E-state index < -0.39 is 0 Å². The molecule has 0 saturated heterocycles. The quantitative estimate of drug-likeness (QED) is 0.627. The van der Waals surface area contributed by atoms with Gasteiger partial charge in [-0.15, -0.1) is 0 Å². The monoisotopic (exact) mass is 295 g/mol. The molecular formula is C19H21NO2. The lowest BCUT2D eigenvalue weighted by Crippen LogP contribution is -2.22. The van der Waals surface area contributed by atoms with E-state index in [4.69, 9.17) is 4.74 Å². The molecule has 0 aliphatic carbocycles. The van der Waals surface area contributed by atoms with Crippen molar-refractivity contribution in [3.05, 3.63) is 71.8 Å². The van der Waals surface area contributed by atoms with Gasteiger partial charge >= 0.3 is 0 Å². The van der Waals surface area contributed by atoms with Gasteiger partial charge in [-0.05, 0) is 42.2 Å². The molecular weight excluding hydrogens is 274 g/mol. The summed E-state index contributed by atoms with van der Waals surface area (Å²) in [7, 11) is 1.63. The van der Waals surface area contributed by atoms with Crippen molar-refractivity contribution in [2.24, 2.45) is 0 Å². The highest BCUT2D eigenvalue weighted by Crippen LogP contribution is 2.13. The summed E-state index contributed by atoms with van der Waals surface area (Å²) in [4.78, 5) is 11.8. The molecule has 0 unspecified atom stereocenters. The average Bonchev–Trinajstić information content (AvgIpc) is 2.58. The van der Waals surface area contributed by atoms with Gasteiger partial charge in [-0.3, -0.25) is 4.79 Å². The molecule has 0 aliphatic heterocycles. The molecule has 0 aromatic heterocycles. The van der Waals surface area contributed by atoms with Crippen LogP contribution in [0, 0.1) is 0 Å². The van der Waals surface area contributed by atoms with Crippen molar-refractivity contribution in [1.29, 1.82) is 0 Å². The third kappa shape index (κ3) is 5.44. The molecule has 0 radical (unpaired) electrons. The van der Waals surface area contributed by atoms with Gasteiger partial charge in [0, 0.05) is 12.6 Å². The smallest absolute Gasteiger partial charge is 0.243 e. The molecule has 1 amide bonds. The van der Waals surface area contributed by atoms with Crippen molar-refractivity contribution in [2.45, 2.75) is 12.8 Å². The zero-order chi connectivity index (χ0) is 15.6. The van der Waals surface area contributed by atoms with Gasteiger partial charge in [0.2, 0.25) is 5.91 Å². The molecule has 3 nitrogen and oxygen atoms in total. The van der Waals surface area contributed by atoms with Crippen molar-refractivity contribution >= 4 is 12.0 Å². The van der Waals surface area contributed by atoms with Crippen LogP contribution in [0.5, 0.6) is 5.75 Å². The maximum Gasteiger partial charge on any atom is 0.243 e. The van der Waals surface area contributed by atoms with Crippen molar-refractivity contribution in [1.82, 2.24) is 5.32 Å². The molecule has 0 spiro atoms. The highest BCUT2D eigenvalue weighted by Gasteiger charge is 1.97. The number of methoxy groups -OCH3 is 1. The van der Waals surface area contributed by atoms with Crippen LogP contribution in [-0.4, -0.2) is 19.6 Å². The standard InChI is InChI=1S/C19H21NO2/c1-22-18-11-5-9-17(15-18)12-13-19(21)20-14-6-10-16-7-3-2-4-8-16/h2-5,7-9,11-13,15H,6,10,14H2,1H3,(H,20,21)/b13-12+. The fraction of sp³-hybridized carbons (Fsp3) is 0.211. The Hall–Kier alpha value is -2.55. The van der Waals surface area contributed by atoms with E-state index in [-0.39, 0.29) is 5.91 Å². The Morgan fingerprint density at radius 3 is 2.73 bits per heavy atom. The highest BCUT2D eigenvalue weighted by molar-refractivity contribution is 5.91. The van der Waals surface area contributed by atoms with Gasteiger partial charge in [-0.1, -0.05) is 42.5 Å². The van der Waals surface area contributed by atoms with Crippen LogP contribution in [0.25, 0.3) is 6.08 Å². The van der Waals surface area contributed by atoms with Gasteiger partial charge in [0.1, 0.15) is 5.75 Å². The fourth-order valence-electron chi connectivity index (χ4n) is 2.12. The Bertz CT molecular complexity index is 620. The van der Waals surface area contributed by atoms with Crippen LogP contribution in [0.2, 0.25) is 0 Å². The first kappa shape index (κ1) is 15.8. The lowest BCUT2D eigenvalue weighted by molar-refractivity contribution is -0.116. The van der Waals surface area contributed by atoms with E-state index in [9.17, 15) is 4.79 Å². The number of rotatable bonds is 7. The van der Waals surface area contributed by atoms with Crippen LogP contribution >= 0.6 is 0 Å². The van der Waals surface area contributed by atoms with Gasteiger partial charge in [-0.2, -0.15) is 0 Å². The number of carbonyl (C=O) groups is 1. The van der Waals surface area contributed by atoms with Crippen LogP contribution in [0.15, 0.2) is 60.7 Å². The first-order valence-electron chi connectivity index (χ1n) is 7.42. The molecule has 0 fully saturated rings. The summed E-state index contributed by atoms with van der Waals surface area (Å²) in [6.07, 6.45) is 5.25. The Morgan fingerprint density at radius 1 is 1.14 bits per heavy atom. The van der Waals surface area contributed by atoms with E-state index in [1.165, 1.54) is 5.56 Å². The molecule has 2 aromatic carbocycles. The molecule has 0 atom stereocenters. The van der Waals surface area contributed by atoms with Gasteiger partial charge < -0.3 is 10.1 Å². The molecule has 3 heteroatoms. The van der Waals surface area contributed by atoms with Crippen molar-refractivity contribution in [3.63, 3.8) is 0 Å². The van der Waals surface area contributed by atoms with Crippen molar-refractivity contribution in [2.75, 3.05) is 13.7 Å². The predicted molar refractivity (Wildman–Crippen MR) is 89.8 cm³/mol. The number of carbonyl (C=O) groups excluding carboxylic acids is 1. The van der Waals surface area contributed by atoms with E-state index in [0.717, 1.165) is 24.2 Å². The number of hydrogen-bond acceptors (Lipinski definition) is 2. The third-order valence-electron chi connectivity index (χ3n) is 3.31. The molecule has 0 bridgehead atoms. The molecule has 1 N–H and O–H groups in total. The second kappa shape index (κ2) is 8.67. The summed E-state index contributed by atoms with van der Waals surface area (Å²) in [6, 6.07) is 17.9. The van der Waals surface area contributed by atoms with Crippen LogP contribution in [0.3, 0.4) is 0 Å². The maximum absolute atomic E-state index is 11.8. The molecule has 0 saturated carbocycles. The Kier molecular flexibility index (Phi) is 6.24. The molecule has 0 heterocycles. The first-order chi connectivity index (χ1) is 10.8. The number of amides is 1. The second-order valence-corrected chi connectivity index (χ2v) is 4.99. The molecule has 0 aliphatic rings. The molecule has 2 rings (SSSR count). The van der Waals surface area contributed by atoms with E-state index in [0.29, 0.717) is 6.54 Å². The van der Waals surface area contributed by atoms with Gasteiger partial charge in [-0.25, -0.2) is 0 Å². The molecule has 2 aromatic rings. The van der Waals surface area contributed by atoms with E-state index in [1.807, 2.05) is 42.5 Å². The van der Waals surface area contributed by atoms with Crippen LogP contribution in [0.4, 0.5) is 0 Å². The zero-order valence-electron chi connectivity index (χ0n) is 12.8. The lowest BCUT2D eigenvalue weighted by Gasteiger charge is -2.03. The number of ether oxygens (including phenoxy) is 1. The summed E-state index contributed by atoms with van der Waals surface area (Å²) in [5.41, 5.74) is 2.24. The zero-order valence-corrected chi connectivity index (χ0v) is 12.8. The van der Waals surface area contributed by atoms with Gasteiger partial charge in [0.05, 0.1) is 7.11 Å². The normalized spacial score (nSPS) is 10.6. The minimum atomic E-state index is -0.0733. The maximum atomic E-state index is 11.8. The summed E-state index contributed by atoms with van der Waals surface area (Å²) in [5, 5.41) is 2.89. The minimum absolute atomic E-state index is 0.0733. The Balaban J connectivity index is 1.72. The van der Waals surface area contributed by atoms with E-state index >= 15 is 0 Å². The summed E-state index contributed by atoms with van der Waals surface area (Å²) < 4.78 is 5.15. The Morgan fingerprint density at radius 2 is 1.95 bits per heavy atom. The predicted octanol–water partition coefficient (Wildman–Crippen LogP) is 3.46. The largest absolute Gasteiger partial charge is 0.497 e. The number of nitrogens with one attached hydrogen (secondary N) is 1. The van der Waals surface area contributed by atoms with E-state index in [1.54, 1.807) is 19.3 Å².